The van der Waals surface area contributed by atoms with Crippen LogP contribution in [0, 0.1) is 6.92 Å². The van der Waals surface area contributed by atoms with Gasteiger partial charge < -0.3 is 9.80 Å². The van der Waals surface area contributed by atoms with E-state index in [4.69, 9.17) is 21.7 Å². The van der Waals surface area contributed by atoms with Crippen LogP contribution < -0.4 is 9.80 Å². The van der Waals surface area contributed by atoms with Crippen molar-refractivity contribution >= 4 is 23.1 Å². The molecule has 2 aromatic heterocycles. The van der Waals surface area contributed by atoms with Crippen molar-refractivity contribution in [3.05, 3.63) is 47.2 Å². The lowest BCUT2D eigenvalue weighted by Gasteiger charge is -2.38. The van der Waals surface area contributed by atoms with Gasteiger partial charge in [0.25, 0.3) is 0 Å². The molecule has 3 aromatic rings. The van der Waals surface area contributed by atoms with E-state index in [1.165, 1.54) is 45.2 Å². The lowest BCUT2D eigenvalue weighted by molar-refractivity contribution is -0.927. The number of hydrogen-bond acceptors (Lipinski definition) is 3. The van der Waals surface area contributed by atoms with Gasteiger partial charge in [-0.1, -0.05) is 30.2 Å². The highest BCUT2D eigenvalue weighted by Crippen LogP contribution is 2.28. The summed E-state index contributed by atoms with van der Waals surface area (Å²) in [6.45, 7) is 6.68. The SMILES string of the molecule is Cc1cc(N2CC[NH+](C3CCCCC3)CC2)n2ncc(-c3ccc(Cl)cc3)c2n1. The molecule has 6 heteroatoms. The molecule has 2 fully saturated rings. The van der Waals surface area contributed by atoms with E-state index in [1.807, 2.05) is 39.9 Å². The van der Waals surface area contributed by atoms with E-state index < -0.39 is 0 Å². The van der Waals surface area contributed by atoms with Gasteiger partial charge in [-0.2, -0.15) is 9.61 Å². The highest BCUT2D eigenvalue weighted by Gasteiger charge is 2.29. The monoisotopic (exact) mass is 410 g/mol. The van der Waals surface area contributed by atoms with Gasteiger partial charge in [-0.25, -0.2) is 4.98 Å². The summed E-state index contributed by atoms with van der Waals surface area (Å²) >= 11 is 6.07. The molecule has 5 nitrogen and oxygen atoms in total. The molecule has 5 rings (SSSR count). The predicted octanol–water partition coefficient (Wildman–Crippen LogP) is 3.40. The molecule has 152 valence electrons. The third-order valence-electron chi connectivity index (χ3n) is 6.65. The molecule has 0 radical (unpaired) electrons. The summed E-state index contributed by atoms with van der Waals surface area (Å²) in [7, 11) is 0. The minimum Gasteiger partial charge on any atom is -0.345 e. The second kappa shape index (κ2) is 7.96. The number of rotatable bonds is 3. The number of aromatic nitrogens is 3. The fourth-order valence-electron chi connectivity index (χ4n) is 5.06. The first-order chi connectivity index (χ1) is 14.2. The molecule has 1 saturated carbocycles. The first kappa shape index (κ1) is 18.9. The number of benzene rings is 1. The molecule has 3 heterocycles. The molecule has 1 N–H and O–H groups in total. The van der Waals surface area contributed by atoms with Crippen molar-refractivity contribution in [2.75, 3.05) is 31.1 Å². The van der Waals surface area contributed by atoms with E-state index in [1.54, 1.807) is 0 Å². The minimum absolute atomic E-state index is 0.744. The number of piperazine rings is 1. The summed E-state index contributed by atoms with van der Waals surface area (Å²) < 4.78 is 2.02. The van der Waals surface area contributed by atoms with Crippen LogP contribution >= 0.6 is 11.6 Å². The average molecular weight is 411 g/mol. The molecule has 1 aliphatic carbocycles. The molecule has 0 atom stereocenters. The molecular formula is C23H29ClN5+. The van der Waals surface area contributed by atoms with Gasteiger partial charge in [0.1, 0.15) is 5.82 Å². The highest BCUT2D eigenvalue weighted by molar-refractivity contribution is 6.30. The fourth-order valence-corrected chi connectivity index (χ4v) is 5.19. The number of nitrogens with one attached hydrogen (secondary N) is 1. The fraction of sp³-hybridized carbons (Fsp3) is 0.478. The van der Waals surface area contributed by atoms with Crippen LogP contribution in [0.25, 0.3) is 16.8 Å². The summed E-state index contributed by atoms with van der Waals surface area (Å²) in [6.07, 6.45) is 9.03. The van der Waals surface area contributed by atoms with E-state index >= 15 is 0 Å². The Morgan fingerprint density at radius 3 is 2.48 bits per heavy atom. The van der Waals surface area contributed by atoms with E-state index in [0.29, 0.717) is 0 Å². The van der Waals surface area contributed by atoms with E-state index in [9.17, 15) is 0 Å². The number of quaternary nitrogens is 1. The van der Waals surface area contributed by atoms with Crippen molar-refractivity contribution < 1.29 is 4.90 Å². The Morgan fingerprint density at radius 1 is 1.03 bits per heavy atom. The summed E-state index contributed by atoms with van der Waals surface area (Å²) in [6, 6.07) is 11.0. The summed E-state index contributed by atoms with van der Waals surface area (Å²) in [5.41, 5.74) is 4.10. The minimum atomic E-state index is 0.744. The number of fused-ring (bicyclic) bond motifs is 1. The molecule has 29 heavy (non-hydrogen) atoms. The Hall–Kier alpha value is -2.11. The lowest BCUT2D eigenvalue weighted by atomic mass is 9.94. The van der Waals surface area contributed by atoms with Crippen LogP contribution in [0.5, 0.6) is 0 Å². The first-order valence-corrected chi connectivity index (χ1v) is 11.3. The van der Waals surface area contributed by atoms with Gasteiger partial charge >= 0.3 is 0 Å². The standard InChI is InChI=1S/C23H28ClN5/c1-17-15-22(28-13-11-27(12-14-28)20-5-3-2-4-6-20)29-23(26-17)21(16-25-29)18-7-9-19(24)10-8-18/h7-10,15-16,20H,2-6,11-14H2,1H3/p+1. The van der Waals surface area contributed by atoms with Gasteiger partial charge in [-0.3, -0.25) is 0 Å². The van der Waals surface area contributed by atoms with Crippen LogP contribution in [0.3, 0.4) is 0 Å². The van der Waals surface area contributed by atoms with Crippen molar-refractivity contribution in [1.29, 1.82) is 0 Å². The highest BCUT2D eigenvalue weighted by atomic mass is 35.5. The number of halogens is 1. The van der Waals surface area contributed by atoms with Gasteiger partial charge in [0.15, 0.2) is 5.65 Å². The van der Waals surface area contributed by atoms with Gasteiger partial charge in [0, 0.05) is 22.3 Å². The molecule has 0 bridgehead atoms. The Balaban J connectivity index is 1.41. The second-order valence-corrected chi connectivity index (χ2v) is 8.97. The molecule has 0 unspecified atom stereocenters. The van der Waals surface area contributed by atoms with Gasteiger partial charge in [-0.15, -0.1) is 0 Å². The molecular weight excluding hydrogens is 382 g/mol. The van der Waals surface area contributed by atoms with Crippen molar-refractivity contribution in [1.82, 2.24) is 14.6 Å². The van der Waals surface area contributed by atoms with Crippen LogP contribution in [-0.2, 0) is 0 Å². The Morgan fingerprint density at radius 2 is 1.76 bits per heavy atom. The number of nitrogens with zero attached hydrogens (tertiary/aromatic N) is 4. The zero-order valence-corrected chi connectivity index (χ0v) is 17.8. The number of anilines is 1. The lowest BCUT2D eigenvalue weighted by Crippen LogP contribution is -3.18. The van der Waals surface area contributed by atoms with E-state index in [2.05, 4.69) is 17.9 Å². The van der Waals surface area contributed by atoms with Crippen molar-refractivity contribution in [3.8, 4) is 11.1 Å². The van der Waals surface area contributed by atoms with E-state index in [-0.39, 0.29) is 0 Å². The van der Waals surface area contributed by atoms with Gasteiger partial charge in [-0.05, 0) is 50.3 Å². The summed E-state index contributed by atoms with van der Waals surface area (Å²) in [5, 5.41) is 5.46. The normalized spacial score (nSPS) is 19.2. The predicted molar refractivity (Wildman–Crippen MR) is 118 cm³/mol. The zero-order chi connectivity index (χ0) is 19.8. The second-order valence-electron chi connectivity index (χ2n) is 8.54. The summed E-state index contributed by atoms with van der Waals surface area (Å²) in [5.74, 6) is 1.16. The Kier molecular flexibility index (Phi) is 5.18. The Labute approximate surface area is 177 Å². The topological polar surface area (TPSA) is 37.9 Å². The van der Waals surface area contributed by atoms with Crippen molar-refractivity contribution in [3.63, 3.8) is 0 Å². The smallest absolute Gasteiger partial charge is 0.165 e. The first-order valence-electron chi connectivity index (χ1n) is 10.9. The van der Waals surface area contributed by atoms with Crippen LogP contribution in [0.15, 0.2) is 36.5 Å². The largest absolute Gasteiger partial charge is 0.345 e. The van der Waals surface area contributed by atoms with Crippen LogP contribution in [0.2, 0.25) is 5.02 Å². The molecule has 1 aliphatic heterocycles. The van der Waals surface area contributed by atoms with Crippen LogP contribution in [0.1, 0.15) is 37.8 Å². The molecule has 2 aliphatic rings. The Bertz CT molecular complexity index is 982. The van der Waals surface area contributed by atoms with Gasteiger partial charge in [0.2, 0.25) is 0 Å². The van der Waals surface area contributed by atoms with Crippen molar-refractivity contribution in [2.45, 2.75) is 45.1 Å². The third-order valence-corrected chi connectivity index (χ3v) is 6.90. The maximum absolute atomic E-state index is 6.07. The van der Waals surface area contributed by atoms with Crippen LogP contribution in [-0.4, -0.2) is 46.8 Å². The molecule has 1 saturated heterocycles. The molecule has 0 amide bonds. The quantitative estimate of drug-likeness (QED) is 0.719. The maximum atomic E-state index is 6.07. The zero-order valence-electron chi connectivity index (χ0n) is 17.1. The summed E-state index contributed by atoms with van der Waals surface area (Å²) in [4.78, 5) is 9.12. The maximum Gasteiger partial charge on any atom is 0.165 e. The van der Waals surface area contributed by atoms with Crippen LogP contribution in [0.4, 0.5) is 5.82 Å². The van der Waals surface area contributed by atoms with E-state index in [0.717, 1.165) is 52.4 Å². The number of aryl methyl sites for hydroxylation is 1. The van der Waals surface area contributed by atoms with Crippen molar-refractivity contribution in [2.24, 2.45) is 0 Å². The average Bonchev–Trinajstić information content (AvgIpc) is 3.18. The third kappa shape index (κ3) is 3.74. The molecule has 0 spiro atoms. The molecule has 1 aromatic carbocycles. The van der Waals surface area contributed by atoms with Gasteiger partial charge in [0.05, 0.1) is 38.4 Å². The number of hydrogen-bond donors (Lipinski definition) is 1.